The largest absolute Gasteiger partial charge is 0.457 e. The molecule has 78 valence electrons. The molecule has 3 N–H and O–H groups in total. The summed E-state index contributed by atoms with van der Waals surface area (Å²) < 4.78 is 18.3. The lowest BCUT2D eigenvalue weighted by molar-refractivity contribution is 0.277. The van der Waals surface area contributed by atoms with Crippen molar-refractivity contribution < 1.29 is 9.13 Å². The van der Waals surface area contributed by atoms with Crippen molar-refractivity contribution in [2.24, 2.45) is 0 Å². The van der Waals surface area contributed by atoms with Gasteiger partial charge in [0.05, 0.1) is 0 Å². The van der Waals surface area contributed by atoms with E-state index in [0.717, 1.165) is 0 Å². The molecule has 0 radical (unpaired) electrons. The second-order valence-electron chi connectivity index (χ2n) is 2.88. The number of benzene rings is 1. The average molecular weight is 208 g/mol. The molecule has 0 spiro atoms. The number of nitrogen functional groups attached to an aromatic ring is 1. The summed E-state index contributed by atoms with van der Waals surface area (Å²) in [5.41, 5.74) is 5.74. The molecule has 0 aliphatic carbocycles. The van der Waals surface area contributed by atoms with Crippen LogP contribution in [0, 0.1) is 5.82 Å². The Labute approximate surface area is 85.1 Å². The summed E-state index contributed by atoms with van der Waals surface area (Å²) in [6.45, 7) is 0.0734. The van der Waals surface area contributed by atoms with Crippen molar-refractivity contribution in [3.05, 3.63) is 35.6 Å². The summed E-state index contributed by atoms with van der Waals surface area (Å²) in [6, 6.07) is 6.45. The highest BCUT2D eigenvalue weighted by atomic mass is 19.1. The highest BCUT2D eigenvalue weighted by Crippen LogP contribution is 2.10. The number of halogens is 1. The van der Waals surface area contributed by atoms with Gasteiger partial charge in [0, 0.05) is 5.56 Å². The van der Waals surface area contributed by atoms with E-state index in [4.69, 9.17) is 10.5 Å². The van der Waals surface area contributed by atoms with E-state index in [2.05, 4.69) is 15.2 Å². The number of nitrogens with one attached hydrogen (secondary N) is 1. The van der Waals surface area contributed by atoms with E-state index in [-0.39, 0.29) is 24.4 Å². The van der Waals surface area contributed by atoms with Crippen LogP contribution < -0.4 is 10.5 Å². The molecule has 1 aromatic heterocycles. The Balaban J connectivity index is 2.02. The van der Waals surface area contributed by atoms with E-state index in [9.17, 15) is 4.39 Å². The van der Waals surface area contributed by atoms with Gasteiger partial charge in [-0.05, 0) is 6.07 Å². The number of nitrogens with zero attached hydrogens (tertiary/aromatic N) is 2. The predicted molar refractivity (Wildman–Crippen MR) is 51.5 cm³/mol. The Morgan fingerprint density at radius 2 is 2.20 bits per heavy atom. The van der Waals surface area contributed by atoms with Crippen molar-refractivity contribution in [3.63, 3.8) is 0 Å². The van der Waals surface area contributed by atoms with Crippen LogP contribution in [0.5, 0.6) is 6.01 Å². The lowest BCUT2D eigenvalue weighted by Crippen LogP contribution is -1.99. The fraction of sp³-hybridized carbons (Fsp3) is 0.111. The van der Waals surface area contributed by atoms with Gasteiger partial charge in [-0.25, -0.2) is 9.49 Å². The van der Waals surface area contributed by atoms with Crippen LogP contribution in [0.1, 0.15) is 5.56 Å². The maximum atomic E-state index is 13.1. The van der Waals surface area contributed by atoms with Crippen molar-refractivity contribution in [1.82, 2.24) is 15.2 Å². The van der Waals surface area contributed by atoms with Crippen LogP contribution in [-0.2, 0) is 6.61 Å². The van der Waals surface area contributed by atoms with Crippen LogP contribution >= 0.6 is 0 Å². The summed E-state index contributed by atoms with van der Waals surface area (Å²) in [5.74, 6) is -0.153. The van der Waals surface area contributed by atoms with Gasteiger partial charge in [-0.2, -0.15) is 4.98 Å². The van der Waals surface area contributed by atoms with Gasteiger partial charge in [0.25, 0.3) is 0 Å². The molecule has 0 atom stereocenters. The monoisotopic (exact) mass is 208 g/mol. The van der Waals surface area contributed by atoms with E-state index >= 15 is 0 Å². The summed E-state index contributed by atoms with van der Waals surface area (Å²) in [5, 5.41) is 6.07. The summed E-state index contributed by atoms with van der Waals surface area (Å²) in [7, 11) is 0. The lowest BCUT2D eigenvalue weighted by Gasteiger charge is -2.02. The number of aromatic amines is 1. The number of hydrogen-bond acceptors (Lipinski definition) is 4. The molecule has 2 aromatic rings. The number of rotatable bonds is 3. The topological polar surface area (TPSA) is 76.8 Å². The third kappa shape index (κ3) is 2.22. The standard InChI is InChI=1S/C9H9FN4O/c10-7-4-2-1-3-6(7)5-15-9-12-8(11)13-14-9/h1-4H,5H2,(H3,11,12,13,14). The van der Waals surface area contributed by atoms with Crippen molar-refractivity contribution in [2.75, 3.05) is 5.73 Å². The molecule has 6 heteroatoms. The van der Waals surface area contributed by atoms with E-state index in [1.807, 2.05) is 0 Å². The Kier molecular flexibility index (Phi) is 2.49. The van der Waals surface area contributed by atoms with E-state index in [1.54, 1.807) is 18.2 Å². The van der Waals surface area contributed by atoms with Crippen molar-refractivity contribution in [3.8, 4) is 6.01 Å². The Bertz CT molecular complexity index is 457. The molecule has 0 bridgehead atoms. The minimum atomic E-state index is -0.319. The molecular formula is C9H9FN4O. The van der Waals surface area contributed by atoms with Crippen LogP contribution in [-0.4, -0.2) is 15.2 Å². The SMILES string of the molecule is Nc1nc(OCc2ccccc2F)n[nH]1. The molecule has 0 unspecified atom stereocenters. The zero-order valence-electron chi connectivity index (χ0n) is 7.77. The fourth-order valence-electron chi connectivity index (χ4n) is 1.08. The summed E-state index contributed by atoms with van der Waals surface area (Å²) >= 11 is 0. The number of H-pyrrole nitrogens is 1. The first-order chi connectivity index (χ1) is 7.25. The molecule has 1 aromatic carbocycles. The first-order valence-corrected chi connectivity index (χ1v) is 4.30. The van der Waals surface area contributed by atoms with Gasteiger partial charge in [0.15, 0.2) is 0 Å². The Morgan fingerprint density at radius 3 is 2.87 bits per heavy atom. The minimum absolute atomic E-state index is 0.0734. The smallest absolute Gasteiger partial charge is 0.337 e. The van der Waals surface area contributed by atoms with Gasteiger partial charge in [-0.3, -0.25) is 0 Å². The second-order valence-corrected chi connectivity index (χ2v) is 2.88. The van der Waals surface area contributed by atoms with Gasteiger partial charge in [0.1, 0.15) is 12.4 Å². The van der Waals surface area contributed by atoms with Gasteiger partial charge in [-0.1, -0.05) is 18.2 Å². The van der Waals surface area contributed by atoms with Crippen LogP contribution in [0.25, 0.3) is 0 Å². The lowest BCUT2D eigenvalue weighted by atomic mass is 10.2. The predicted octanol–water partition coefficient (Wildman–Crippen LogP) is 1.10. The molecule has 0 amide bonds. The Morgan fingerprint density at radius 1 is 1.40 bits per heavy atom. The molecular weight excluding hydrogens is 199 g/mol. The third-order valence-electron chi connectivity index (χ3n) is 1.80. The van der Waals surface area contributed by atoms with Gasteiger partial charge < -0.3 is 10.5 Å². The first kappa shape index (κ1) is 9.45. The molecule has 0 fully saturated rings. The van der Waals surface area contributed by atoms with Gasteiger partial charge in [-0.15, -0.1) is 5.10 Å². The van der Waals surface area contributed by atoms with Crippen LogP contribution in [0.3, 0.4) is 0 Å². The molecule has 0 saturated carbocycles. The minimum Gasteiger partial charge on any atom is -0.457 e. The average Bonchev–Trinajstić information content (AvgIpc) is 2.63. The molecule has 0 aliphatic heterocycles. The zero-order chi connectivity index (χ0) is 10.7. The number of hydrogen-bond donors (Lipinski definition) is 2. The quantitative estimate of drug-likeness (QED) is 0.791. The molecule has 15 heavy (non-hydrogen) atoms. The molecule has 0 saturated heterocycles. The molecule has 5 nitrogen and oxygen atoms in total. The molecule has 2 rings (SSSR count). The number of aromatic nitrogens is 3. The summed E-state index contributed by atoms with van der Waals surface area (Å²) in [6.07, 6.45) is 0. The number of anilines is 1. The highest BCUT2D eigenvalue weighted by Gasteiger charge is 2.04. The van der Waals surface area contributed by atoms with Crippen molar-refractivity contribution in [1.29, 1.82) is 0 Å². The number of nitrogens with two attached hydrogens (primary N) is 1. The van der Waals surface area contributed by atoms with Gasteiger partial charge in [0.2, 0.25) is 5.95 Å². The maximum Gasteiger partial charge on any atom is 0.337 e. The van der Waals surface area contributed by atoms with Crippen LogP contribution in [0.15, 0.2) is 24.3 Å². The normalized spacial score (nSPS) is 10.2. The van der Waals surface area contributed by atoms with Crippen molar-refractivity contribution >= 4 is 5.95 Å². The van der Waals surface area contributed by atoms with Crippen LogP contribution in [0.2, 0.25) is 0 Å². The van der Waals surface area contributed by atoms with Gasteiger partial charge >= 0.3 is 6.01 Å². The first-order valence-electron chi connectivity index (χ1n) is 4.30. The molecule has 0 aliphatic rings. The van der Waals surface area contributed by atoms with Crippen molar-refractivity contribution in [2.45, 2.75) is 6.61 Å². The van der Waals surface area contributed by atoms with E-state index in [1.165, 1.54) is 6.07 Å². The zero-order valence-corrected chi connectivity index (χ0v) is 7.77. The number of ether oxygens (including phenoxy) is 1. The summed E-state index contributed by atoms with van der Waals surface area (Å²) in [4.78, 5) is 3.72. The van der Waals surface area contributed by atoms with Crippen LogP contribution in [0.4, 0.5) is 10.3 Å². The Hall–Kier alpha value is -2.11. The fourth-order valence-corrected chi connectivity index (χ4v) is 1.08. The van der Waals surface area contributed by atoms with E-state index < -0.39 is 0 Å². The third-order valence-corrected chi connectivity index (χ3v) is 1.80. The highest BCUT2D eigenvalue weighted by molar-refractivity contribution is 5.18. The second kappa shape index (κ2) is 3.95. The maximum absolute atomic E-state index is 13.1. The molecule has 1 heterocycles. The van der Waals surface area contributed by atoms with E-state index in [0.29, 0.717) is 5.56 Å².